The molecule has 2 aliphatic rings. The van der Waals surface area contributed by atoms with Crippen molar-refractivity contribution >= 4 is 17.2 Å². The fraction of sp³-hybridized carbons (Fsp3) is 0.586. The van der Waals surface area contributed by atoms with Gasteiger partial charge in [-0.25, -0.2) is 26.9 Å². The number of carbonyl (C=O) groups is 1. The van der Waals surface area contributed by atoms with E-state index in [4.69, 9.17) is 6.42 Å². The summed E-state index contributed by atoms with van der Waals surface area (Å²) < 4.78 is 68.8. The number of allylic oxidation sites excluding steroid dienone is 2. The van der Waals surface area contributed by atoms with Crippen LogP contribution in [-0.2, 0) is 11.2 Å². The lowest BCUT2D eigenvalue weighted by molar-refractivity contribution is -0.252. The number of hydrogen-bond donors (Lipinski definition) is 0. The number of hydrogen-bond acceptors (Lipinski definition) is 2. The molecule has 2 saturated carbocycles. The molecule has 7 heteroatoms. The second kappa shape index (κ2) is 11.7. The molecule has 0 amide bonds. The van der Waals surface area contributed by atoms with E-state index in [9.17, 15) is 26.7 Å². The minimum atomic E-state index is -3.40. The van der Waals surface area contributed by atoms with E-state index >= 15 is 0 Å². The van der Waals surface area contributed by atoms with Crippen LogP contribution in [0.4, 0.5) is 27.6 Å². The van der Waals surface area contributed by atoms with Crippen LogP contribution in [0, 0.1) is 42.2 Å². The highest BCUT2D eigenvalue weighted by molar-refractivity contribution is 6.09. The van der Waals surface area contributed by atoms with Crippen LogP contribution in [0.2, 0.25) is 0 Å². The van der Waals surface area contributed by atoms with Crippen LogP contribution in [0.25, 0.3) is 0 Å². The molecule has 1 aromatic rings. The van der Waals surface area contributed by atoms with Crippen molar-refractivity contribution < 1.29 is 28.2 Å². The normalized spacial score (nSPS) is 24.2. The smallest absolute Gasteiger partial charge is 0.282 e. The SMILES string of the molecule is C#CC(/C=C/CC(=O)CC1CC(F)(F)C1(F)CC)=Nc1cc(F)c(F)c(CC)c1C.CC1(C)CCC1.[HH]. The minimum absolute atomic E-state index is 0. The summed E-state index contributed by atoms with van der Waals surface area (Å²) in [5.41, 5.74) is -0.997. The van der Waals surface area contributed by atoms with Crippen LogP contribution in [0.1, 0.15) is 85.2 Å². The molecule has 2 fully saturated rings. The van der Waals surface area contributed by atoms with E-state index in [0.717, 1.165) is 11.5 Å². The van der Waals surface area contributed by atoms with E-state index in [-0.39, 0.29) is 44.1 Å². The van der Waals surface area contributed by atoms with E-state index in [1.54, 1.807) is 13.8 Å². The third kappa shape index (κ3) is 6.63. The summed E-state index contributed by atoms with van der Waals surface area (Å²) in [6, 6.07) is 0.947. The van der Waals surface area contributed by atoms with Crippen molar-refractivity contribution in [1.29, 1.82) is 0 Å². The Bertz CT molecular complexity index is 1070. The highest BCUT2D eigenvalue weighted by atomic mass is 19.3. The van der Waals surface area contributed by atoms with Gasteiger partial charge in [0.25, 0.3) is 5.92 Å². The maximum absolute atomic E-state index is 14.3. The molecule has 0 aliphatic heterocycles. The van der Waals surface area contributed by atoms with Gasteiger partial charge in [0.1, 0.15) is 11.5 Å². The Morgan fingerprint density at radius 3 is 2.31 bits per heavy atom. The van der Waals surface area contributed by atoms with Gasteiger partial charge in [0.2, 0.25) is 0 Å². The number of aliphatic imine (C=N–C) groups is 1. The van der Waals surface area contributed by atoms with Crippen LogP contribution < -0.4 is 0 Å². The maximum atomic E-state index is 14.3. The third-order valence-electron chi connectivity index (χ3n) is 7.39. The van der Waals surface area contributed by atoms with Crippen molar-refractivity contribution in [2.75, 3.05) is 0 Å². The van der Waals surface area contributed by atoms with E-state index in [2.05, 4.69) is 24.8 Å². The molecule has 1 aromatic carbocycles. The summed E-state index contributed by atoms with van der Waals surface area (Å²) >= 11 is 0. The molecule has 2 atom stereocenters. The molecule has 36 heavy (non-hydrogen) atoms. The lowest BCUT2D eigenvalue weighted by Crippen LogP contribution is -2.61. The number of nitrogens with zero attached hydrogens (tertiary/aromatic N) is 1. The molecule has 0 spiro atoms. The first-order valence-corrected chi connectivity index (χ1v) is 12.5. The van der Waals surface area contributed by atoms with Crippen LogP contribution in [0.15, 0.2) is 23.2 Å². The predicted molar refractivity (Wildman–Crippen MR) is 137 cm³/mol. The molecule has 0 radical (unpaired) electrons. The fourth-order valence-corrected chi connectivity index (χ4v) is 4.67. The Morgan fingerprint density at radius 2 is 1.86 bits per heavy atom. The van der Waals surface area contributed by atoms with Crippen LogP contribution in [0.3, 0.4) is 0 Å². The molecular formula is C29H38F5NO. The third-order valence-corrected chi connectivity index (χ3v) is 7.39. The summed E-state index contributed by atoms with van der Waals surface area (Å²) in [4.78, 5) is 16.2. The molecule has 0 N–H and O–H groups in total. The van der Waals surface area contributed by atoms with Crippen molar-refractivity contribution in [2.45, 2.75) is 97.6 Å². The van der Waals surface area contributed by atoms with Gasteiger partial charge in [0.15, 0.2) is 17.3 Å². The van der Waals surface area contributed by atoms with E-state index < -0.39 is 41.3 Å². The Hall–Kier alpha value is -2.49. The van der Waals surface area contributed by atoms with Gasteiger partial charge in [-0.05, 0) is 55.2 Å². The van der Waals surface area contributed by atoms with Gasteiger partial charge < -0.3 is 0 Å². The molecule has 2 unspecified atom stereocenters. The topological polar surface area (TPSA) is 29.4 Å². The first-order valence-electron chi connectivity index (χ1n) is 12.5. The van der Waals surface area contributed by atoms with Crippen LogP contribution >= 0.6 is 0 Å². The molecule has 2 aliphatic carbocycles. The molecule has 0 bridgehead atoms. The monoisotopic (exact) mass is 511 g/mol. The minimum Gasteiger partial charge on any atom is -0.299 e. The summed E-state index contributed by atoms with van der Waals surface area (Å²) in [6.45, 7) is 9.29. The molecule has 0 aromatic heterocycles. The summed E-state index contributed by atoms with van der Waals surface area (Å²) in [6.07, 6.45) is 11.4. The van der Waals surface area contributed by atoms with Crippen molar-refractivity contribution in [2.24, 2.45) is 16.3 Å². The summed E-state index contributed by atoms with van der Waals surface area (Å²) in [5.74, 6) is -4.45. The number of rotatable bonds is 8. The zero-order valence-electron chi connectivity index (χ0n) is 21.8. The van der Waals surface area contributed by atoms with Gasteiger partial charge in [0.05, 0.1) is 5.69 Å². The average Bonchev–Trinajstić information content (AvgIpc) is 2.80. The summed E-state index contributed by atoms with van der Waals surface area (Å²) in [5, 5.41) is 0. The van der Waals surface area contributed by atoms with Gasteiger partial charge in [0, 0.05) is 32.7 Å². The van der Waals surface area contributed by atoms with Crippen molar-refractivity contribution in [1.82, 2.24) is 0 Å². The van der Waals surface area contributed by atoms with E-state index in [1.165, 1.54) is 38.3 Å². The fourth-order valence-electron chi connectivity index (χ4n) is 4.67. The summed E-state index contributed by atoms with van der Waals surface area (Å²) in [7, 11) is 0. The number of benzene rings is 1. The van der Waals surface area contributed by atoms with Crippen molar-refractivity contribution in [3.8, 4) is 12.3 Å². The number of alkyl halides is 3. The average molecular weight is 512 g/mol. The second-order valence-corrected chi connectivity index (χ2v) is 10.5. The highest BCUT2D eigenvalue weighted by Gasteiger charge is 2.68. The predicted octanol–water partition coefficient (Wildman–Crippen LogP) is 8.66. The highest BCUT2D eigenvalue weighted by Crippen LogP contribution is 2.57. The Kier molecular flexibility index (Phi) is 9.67. The molecular weight excluding hydrogens is 473 g/mol. The Labute approximate surface area is 212 Å². The van der Waals surface area contributed by atoms with Crippen LogP contribution in [0.5, 0.6) is 0 Å². The lowest BCUT2D eigenvalue weighted by Gasteiger charge is -2.49. The van der Waals surface area contributed by atoms with Gasteiger partial charge in [-0.2, -0.15) is 0 Å². The first kappa shape index (κ1) is 29.7. The van der Waals surface area contributed by atoms with Gasteiger partial charge >= 0.3 is 0 Å². The number of halogens is 5. The molecule has 0 saturated heterocycles. The number of Topliss-reactive ketones (excluding diaryl/α,β-unsaturated/α-hetero) is 1. The zero-order chi connectivity index (χ0) is 27.3. The molecule has 0 heterocycles. The molecule has 200 valence electrons. The van der Waals surface area contributed by atoms with Gasteiger partial charge in [-0.15, -0.1) is 6.42 Å². The van der Waals surface area contributed by atoms with E-state index in [0.29, 0.717) is 5.56 Å². The quantitative estimate of drug-likeness (QED) is 0.195. The second-order valence-electron chi connectivity index (χ2n) is 10.5. The van der Waals surface area contributed by atoms with Crippen molar-refractivity contribution in [3.63, 3.8) is 0 Å². The van der Waals surface area contributed by atoms with Crippen molar-refractivity contribution in [3.05, 3.63) is 41.0 Å². The lowest BCUT2D eigenvalue weighted by atomic mass is 9.64. The first-order chi connectivity index (χ1) is 16.7. The van der Waals surface area contributed by atoms with Gasteiger partial charge in [-0.1, -0.05) is 46.1 Å². The zero-order valence-corrected chi connectivity index (χ0v) is 21.8. The maximum Gasteiger partial charge on any atom is 0.282 e. The Balaban J connectivity index is 0.000000855. The van der Waals surface area contributed by atoms with E-state index in [1.807, 2.05) is 0 Å². The Morgan fingerprint density at radius 1 is 1.25 bits per heavy atom. The molecule has 3 rings (SSSR count). The van der Waals surface area contributed by atoms with Gasteiger partial charge in [-0.3, -0.25) is 4.79 Å². The standard InChI is InChI=1S/C23H24F5NO.C6H12.H2/c1-5-16(29-20-12-19(24)21(25)18(6-2)14(20)4)9-8-10-17(30)11-15-13-23(27,28)22(15,26)7-3;1-6(2)4-3-5-6;/h1,8-9,12,15H,6-7,10-11,13H2,2-4H3;3-5H2,1-2H3;1H/b9-8+,29-16?;;. The number of carbonyl (C=O) groups excluding carboxylic acids is 1. The number of ketones is 1. The largest absolute Gasteiger partial charge is 0.299 e. The van der Waals surface area contributed by atoms with Crippen LogP contribution in [-0.4, -0.2) is 23.1 Å². The molecule has 2 nitrogen and oxygen atoms in total. The number of terminal acetylenes is 1.